The van der Waals surface area contributed by atoms with Crippen molar-refractivity contribution in [3.05, 3.63) is 96.8 Å². The lowest BCUT2D eigenvalue weighted by Crippen LogP contribution is -2.42. The van der Waals surface area contributed by atoms with Crippen LogP contribution in [0, 0.1) is 0 Å². The van der Waals surface area contributed by atoms with Crippen molar-refractivity contribution >= 4 is 15.9 Å². The predicted molar refractivity (Wildman–Crippen MR) is 119 cm³/mol. The second-order valence-electron chi connectivity index (χ2n) is 5.94. The van der Waals surface area contributed by atoms with Crippen molar-refractivity contribution in [3.63, 3.8) is 0 Å². The summed E-state index contributed by atoms with van der Waals surface area (Å²) in [4.78, 5) is 14.4. The summed E-state index contributed by atoms with van der Waals surface area (Å²) >= 11 is 0. The molecule has 1 heterocycles. The number of hydrogen-bond acceptors (Lipinski definition) is 6. The van der Waals surface area contributed by atoms with Gasteiger partial charge < -0.3 is 16.0 Å². The SMILES string of the molecule is C=C/C(N)=C\C=C(/C=C)S(=O)(=O)NC(=O)/C(C=C)=C/C=C(\C=C)N1CCNCC1. The molecule has 0 aromatic rings. The number of piperazine rings is 1. The average molecular weight is 417 g/mol. The summed E-state index contributed by atoms with van der Waals surface area (Å²) in [6.45, 7) is 17.7. The summed E-state index contributed by atoms with van der Waals surface area (Å²) in [5.74, 6) is -0.812. The first kappa shape index (κ1) is 23.9. The van der Waals surface area contributed by atoms with E-state index in [1.165, 1.54) is 30.4 Å². The van der Waals surface area contributed by atoms with Crippen molar-refractivity contribution in [2.45, 2.75) is 0 Å². The van der Waals surface area contributed by atoms with Crippen molar-refractivity contribution in [1.82, 2.24) is 14.9 Å². The molecule has 8 heteroatoms. The summed E-state index contributed by atoms with van der Waals surface area (Å²) in [5, 5.41) is 3.25. The highest BCUT2D eigenvalue weighted by Gasteiger charge is 2.19. The highest BCUT2D eigenvalue weighted by atomic mass is 32.2. The number of nitrogens with two attached hydrogens (primary N) is 1. The average Bonchev–Trinajstić information content (AvgIpc) is 2.71. The lowest BCUT2D eigenvalue weighted by molar-refractivity contribution is -0.115. The Morgan fingerprint density at radius 3 is 2.10 bits per heavy atom. The van der Waals surface area contributed by atoms with Crippen LogP contribution in [0.1, 0.15) is 0 Å². The van der Waals surface area contributed by atoms with Crippen LogP contribution < -0.4 is 15.8 Å². The maximum absolute atomic E-state index is 12.5. The predicted octanol–water partition coefficient (Wildman–Crippen LogP) is 1.62. The quantitative estimate of drug-likeness (QED) is 0.369. The molecule has 0 atom stereocenters. The molecule has 1 amide bonds. The van der Waals surface area contributed by atoms with E-state index in [1.54, 1.807) is 12.2 Å². The third-order valence-corrected chi connectivity index (χ3v) is 5.40. The monoisotopic (exact) mass is 416 g/mol. The normalized spacial score (nSPS) is 16.8. The van der Waals surface area contributed by atoms with Crippen LogP contribution in [-0.4, -0.2) is 45.4 Å². The van der Waals surface area contributed by atoms with Crippen molar-refractivity contribution in [2.75, 3.05) is 26.2 Å². The third kappa shape index (κ3) is 7.44. The number of hydrogen-bond donors (Lipinski definition) is 3. The first-order valence-electron chi connectivity index (χ1n) is 8.91. The first-order chi connectivity index (χ1) is 13.8. The van der Waals surface area contributed by atoms with E-state index in [4.69, 9.17) is 5.73 Å². The van der Waals surface area contributed by atoms with Crippen LogP contribution in [-0.2, 0) is 14.8 Å². The van der Waals surface area contributed by atoms with E-state index in [9.17, 15) is 13.2 Å². The maximum Gasteiger partial charge on any atom is 0.264 e. The summed E-state index contributed by atoms with van der Waals surface area (Å²) in [5.41, 5.74) is 6.76. The Labute approximate surface area is 173 Å². The molecule has 0 bridgehead atoms. The molecule has 4 N–H and O–H groups in total. The Hall–Kier alpha value is -3.10. The van der Waals surface area contributed by atoms with Gasteiger partial charge in [-0.2, -0.15) is 0 Å². The molecule has 0 spiro atoms. The summed E-state index contributed by atoms with van der Waals surface area (Å²) in [6.07, 6.45) is 11.2. The van der Waals surface area contributed by atoms with Gasteiger partial charge in [-0.1, -0.05) is 32.4 Å². The number of nitrogens with one attached hydrogen (secondary N) is 2. The van der Waals surface area contributed by atoms with Gasteiger partial charge in [0.25, 0.3) is 15.9 Å². The number of nitrogens with zero attached hydrogens (tertiary/aromatic N) is 1. The Balaban J connectivity index is 3.06. The second kappa shape index (κ2) is 11.7. The van der Waals surface area contributed by atoms with Gasteiger partial charge in [0.1, 0.15) is 0 Å². The topological polar surface area (TPSA) is 105 Å². The van der Waals surface area contributed by atoms with Gasteiger partial charge in [0.05, 0.1) is 4.91 Å². The van der Waals surface area contributed by atoms with Crippen molar-refractivity contribution in [2.24, 2.45) is 5.73 Å². The highest BCUT2D eigenvalue weighted by molar-refractivity contribution is 7.94. The molecule has 0 aromatic heterocycles. The van der Waals surface area contributed by atoms with Crippen molar-refractivity contribution in [3.8, 4) is 0 Å². The van der Waals surface area contributed by atoms with Crippen LogP contribution in [0.3, 0.4) is 0 Å². The Kier molecular flexibility index (Phi) is 9.64. The molecule has 1 saturated heterocycles. The largest absolute Gasteiger partial charge is 0.399 e. The number of allylic oxidation sites excluding steroid dienone is 7. The molecule has 0 saturated carbocycles. The Bertz CT molecular complexity index is 887. The van der Waals surface area contributed by atoms with E-state index < -0.39 is 15.9 Å². The third-order valence-electron chi connectivity index (χ3n) is 4.02. The van der Waals surface area contributed by atoms with Gasteiger partial charge >= 0.3 is 0 Å². The molecule has 1 rings (SSSR count). The van der Waals surface area contributed by atoms with E-state index in [0.29, 0.717) is 0 Å². The number of sulfonamides is 1. The molecule has 0 aromatic carbocycles. The van der Waals surface area contributed by atoms with Gasteiger partial charge in [0, 0.05) is 43.1 Å². The zero-order valence-corrected chi connectivity index (χ0v) is 17.2. The summed E-state index contributed by atoms with van der Waals surface area (Å²) in [6, 6.07) is 0. The van der Waals surface area contributed by atoms with Crippen LogP contribution in [0.4, 0.5) is 0 Å². The lowest BCUT2D eigenvalue weighted by Gasteiger charge is -2.30. The van der Waals surface area contributed by atoms with Crippen molar-refractivity contribution in [1.29, 1.82) is 0 Å². The van der Waals surface area contributed by atoms with E-state index >= 15 is 0 Å². The minimum Gasteiger partial charge on any atom is -0.399 e. The fraction of sp³-hybridized carbons (Fsp3) is 0.190. The summed E-state index contributed by atoms with van der Waals surface area (Å²) in [7, 11) is -4.13. The van der Waals surface area contributed by atoms with Crippen LogP contribution in [0.25, 0.3) is 0 Å². The molecule has 1 aliphatic heterocycles. The van der Waals surface area contributed by atoms with E-state index in [2.05, 4.69) is 36.5 Å². The molecule has 0 aliphatic carbocycles. The number of carbonyl (C=O) groups is 1. The minimum atomic E-state index is -4.13. The van der Waals surface area contributed by atoms with Crippen LogP contribution in [0.5, 0.6) is 0 Å². The molecule has 7 nitrogen and oxygen atoms in total. The maximum atomic E-state index is 12.5. The molecular weight excluding hydrogens is 388 g/mol. The molecule has 156 valence electrons. The highest BCUT2D eigenvalue weighted by Crippen LogP contribution is 2.11. The van der Waals surface area contributed by atoms with Crippen LogP contribution in [0.2, 0.25) is 0 Å². The number of amides is 1. The summed E-state index contributed by atoms with van der Waals surface area (Å²) < 4.78 is 26.9. The van der Waals surface area contributed by atoms with Gasteiger partial charge in [-0.05, 0) is 42.5 Å². The van der Waals surface area contributed by atoms with Crippen LogP contribution in [0.15, 0.2) is 96.8 Å². The zero-order valence-electron chi connectivity index (χ0n) is 16.4. The van der Waals surface area contributed by atoms with Gasteiger partial charge in [0.2, 0.25) is 0 Å². The Morgan fingerprint density at radius 2 is 1.59 bits per heavy atom. The zero-order chi connectivity index (χ0) is 21.9. The lowest BCUT2D eigenvalue weighted by atomic mass is 10.2. The molecule has 1 fully saturated rings. The van der Waals surface area contributed by atoms with Crippen LogP contribution >= 0.6 is 0 Å². The van der Waals surface area contributed by atoms with E-state index in [0.717, 1.165) is 38.0 Å². The number of carbonyl (C=O) groups excluding carboxylic acids is 1. The molecular formula is C21H28N4O3S. The van der Waals surface area contributed by atoms with Gasteiger partial charge in [-0.25, -0.2) is 13.1 Å². The van der Waals surface area contributed by atoms with Gasteiger partial charge in [-0.3, -0.25) is 4.79 Å². The molecule has 0 radical (unpaired) electrons. The smallest absolute Gasteiger partial charge is 0.264 e. The Morgan fingerprint density at radius 1 is 0.931 bits per heavy atom. The first-order valence-corrected chi connectivity index (χ1v) is 10.4. The van der Waals surface area contributed by atoms with Crippen molar-refractivity contribution < 1.29 is 13.2 Å². The number of rotatable bonds is 10. The minimum absolute atomic E-state index is 0.0904. The van der Waals surface area contributed by atoms with E-state index in [-0.39, 0.29) is 16.2 Å². The second-order valence-corrected chi connectivity index (χ2v) is 7.62. The molecule has 1 aliphatic rings. The standard InChI is InChI=1S/C21H28N4O3S/c1-5-17(9-11-19(7-3)25-15-13-23-14-16-25)21(26)24-29(27,28)20(8-4)12-10-18(22)6-2/h5-12,23H,1-4,13-16,22H2,(H,24,26)/b17-9+,18-10+,19-11+,20-12+. The van der Waals surface area contributed by atoms with Gasteiger partial charge in [-0.15, -0.1) is 0 Å². The fourth-order valence-electron chi connectivity index (χ4n) is 2.39. The molecule has 0 unspecified atom stereocenters. The molecule has 29 heavy (non-hydrogen) atoms. The van der Waals surface area contributed by atoms with Gasteiger partial charge in [0.15, 0.2) is 0 Å². The van der Waals surface area contributed by atoms with E-state index in [1.807, 2.05) is 4.72 Å². The fourth-order valence-corrected chi connectivity index (χ4v) is 3.34.